The zero-order valence-corrected chi connectivity index (χ0v) is 22.1. The van der Waals surface area contributed by atoms with Gasteiger partial charge in [-0.3, -0.25) is 9.59 Å². The zero-order valence-electron chi connectivity index (χ0n) is 22.1. The molecular weight excluding hydrogens is 408 g/mol. The molecule has 184 valence electrons. The topological polar surface area (TPSA) is 54.4 Å². The van der Waals surface area contributed by atoms with Gasteiger partial charge in [-0.25, -0.2) is 0 Å². The van der Waals surface area contributed by atoms with Crippen LogP contribution in [-0.4, -0.2) is 23.3 Å². The summed E-state index contributed by atoms with van der Waals surface area (Å²) in [5.74, 6) is 1.90. The fourth-order valence-electron chi connectivity index (χ4n) is 10.3. The van der Waals surface area contributed by atoms with Crippen LogP contribution < -0.4 is 0 Å². The number of hydrogen-bond acceptors (Lipinski definition) is 3. The summed E-state index contributed by atoms with van der Waals surface area (Å²) in [5.41, 5.74) is 1.24. The third kappa shape index (κ3) is 2.78. The van der Waals surface area contributed by atoms with Gasteiger partial charge in [0.25, 0.3) is 0 Å². The fraction of sp³-hybridized carbons (Fsp3) is 0.867. The van der Waals surface area contributed by atoms with Crippen molar-refractivity contribution in [1.29, 1.82) is 0 Å². The van der Waals surface area contributed by atoms with Crippen molar-refractivity contribution in [3.05, 3.63) is 11.6 Å². The summed E-state index contributed by atoms with van der Waals surface area (Å²) in [6.45, 7) is 16.4. The highest BCUT2D eigenvalue weighted by Gasteiger charge is 2.69. The number of aliphatic hydroxyl groups excluding tert-OH is 1. The van der Waals surface area contributed by atoms with Gasteiger partial charge >= 0.3 is 0 Å². The molecule has 0 heterocycles. The van der Waals surface area contributed by atoms with Crippen molar-refractivity contribution in [2.24, 2.45) is 50.2 Å². The highest BCUT2D eigenvalue weighted by molar-refractivity contribution is 5.87. The number of rotatable bonds is 1. The molecule has 4 saturated carbocycles. The molecule has 0 aromatic rings. The third-order valence-corrected chi connectivity index (χ3v) is 12.7. The molecule has 0 radical (unpaired) electrons. The second-order valence-electron chi connectivity index (χ2n) is 14.7. The van der Waals surface area contributed by atoms with Crippen LogP contribution in [0, 0.1) is 50.2 Å². The second kappa shape index (κ2) is 6.83. The average molecular weight is 455 g/mol. The first kappa shape index (κ1) is 23.8. The van der Waals surface area contributed by atoms with E-state index in [1.54, 1.807) is 5.57 Å². The Hall–Kier alpha value is -0.960. The Morgan fingerprint density at radius 3 is 2.27 bits per heavy atom. The van der Waals surface area contributed by atoms with Crippen LogP contribution in [0.3, 0.4) is 0 Å². The van der Waals surface area contributed by atoms with Gasteiger partial charge in [-0.05, 0) is 84.4 Å². The number of aliphatic hydroxyl groups is 1. The van der Waals surface area contributed by atoms with Gasteiger partial charge in [0.2, 0.25) is 0 Å². The summed E-state index contributed by atoms with van der Waals surface area (Å²) in [6.07, 6.45) is 11.3. The molecule has 0 spiro atoms. The number of ketones is 2. The van der Waals surface area contributed by atoms with Crippen LogP contribution in [0.4, 0.5) is 0 Å². The molecule has 4 fully saturated rings. The Kier molecular flexibility index (Phi) is 4.92. The molecule has 0 aliphatic heterocycles. The molecular formula is C30H46O3. The number of hydrogen-bond donors (Lipinski definition) is 1. The first-order valence-electron chi connectivity index (χ1n) is 13.6. The van der Waals surface area contributed by atoms with Gasteiger partial charge in [0.1, 0.15) is 11.6 Å². The highest BCUT2D eigenvalue weighted by atomic mass is 16.3. The van der Waals surface area contributed by atoms with Crippen LogP contribution >= 0.6 is 0 Å². The largest absolute Gasteiger partial charge is 0.395 e. The van der Waals surface area contributed by atoms with Crippen molar-refractivity contribution < 1.29 is 14.7 Å². The van der Waals surface area contributed by atoms with Crippen molar-refractivity contribution in [2.75, 3.05) is 6.61 Å². The van der Waals surface area contributed by atoms with E-state index in [2.05, 4.69) is 47.6 Å². The maximum absolute atomic E-state index is 13.4. The van der Waals surface area contributed by atoms with Crippen LogP contribution in [0.25, 0.3) is 0 Å². The molecule has 33 heavy (non-hydrogen) atoms. The maximum atomic E-state index is 13.4. The van der Waals surface area contributed by atoms with Gasteiger partial charge in [0.05, 0.1) is 12.0 Å². The zero-order chi connectivity index (χ0) is 24.2. The number of carbonyl (C=O) groups excluding carboxylic acids is 2. The summed E-state index contributed by atoms with van der Waals surface area (Å²) in [5, 5.41) is 10.3. The minimum absolute atomic E-state index is 0.0223. The van der Waals surface area contributed by atoms with E-state index >= 15 is 0 Å². The van der Waals surface area contributed by atoms with Gasteiger partial charge in [0.15, 0.2) is 0 Å². The van der Waals surface area contributed by atoms with Crippen LogP contribution in [0.5, 0.6) is 0 Å². The molecule has 0 saturated heterocycles. The van der Waals surface area contributed by atoms with Crippen molar-refractivity contribution in [3.8, 4) is 0 Å². The van der Waals surface area contributed by atoms with Crippen LogP contribution in [0.15, 0.2) is 11.6 Å². The Labute approximate surface area is 201 Å². The smallest absolute Gasteiger partial charge is 0.141 e. The molecule has 0 amide bonds. The van der Waals surface area contributed by atoms with E-state index in [1.165, 1.54) is 0 Å². The molecule has 5 aliphatic carbocycles. The van der Waals surface area contributed by atoms with E-state index in [1.807, 2.05) is 6.92 Å². The number of fused-ring (bicyclic) bond motifs is 7. The number of carbonyl (C=O) groups is 2. The SMILES string of the molecule is CC1(C)CC(=O)[C@]2(C)CC[C@]3(C)C(=CCC4[C@@]5(C)CCC(=O)[C@](C)(CO)C5CC[C@]43C)C2C1. The lowest BCUT2D eigenvalue weighted by Gasteiger charge is -2.70. The number of allylic oxidation sites excluding steroid dienone is 2. The van der Waals surface area contributed by atoms with E-state index < -0.39 is 5.41 Å². The van der Waals surface area contributed by atoms with E-state index in [-0.39, 0.29) is 45.4 Å². The van der Waals surface area contributed by atoms with Gasteiger partial charge in [0, 0.05) is 18.3 Å². The van der Waals surface area contributed by atoms with E-state index in [0.29, 0.717) is 24.0 Å². The lowest BCUT2D eigenvalue weighted by Crippen LogP contribution is -2.65. The van der Waals surface area contributed by atoms with Gasteiger partial charge in [-0.15, -0.1) is 0 Å². The standard InChI is InChI=1S/C30H46O3/c1-25(2)16-20-19-8-9-22-27(4)12-11-23(32)28(5,18-31)21(27)10-13-30(22,7)29(19,6)15-14-26(20,3)24(33)17-25/h8,20-22,31H,9-18H2,1-7H3/t20?,21?,22?,26-,27+,28-,29-,30-/m1/s1. The fourth-order valence-corrected chi connectivity index (χ4v) is 10.3. The third-order valence-electron chi connectivity index (χ3n) is 12.7. The maximum Gasteiger partial charge on any atom is 0.141 e. The van der Waals surface area contributed by atoms with Crippen molar-refractivity contribution in [3.63, 3.8) is 0 Å². The summed E-state index contributed by atoms with van der Waals surface area (Å²) in [7, 11) is 0. The molecule has 3 unspecified atom stereocenters. The predicted octanol–water partition coefficient (Wildman–Crippen LogP) is 6.53. The Bertz CT molecular complexity index is 931. The van der Waals surface area contributed by atoms with Crippen molar-refractivity contribution in [2.45, 2.75) is 106 Å². The highest BCUT2D eigenvalue weighted by Crippen LogP contribution is 2.75. The van der Waals surface area contributed by atoms with Gasteiger partial charge < -0.3 is 5.11 Å². The van der Waals surface area contributed by atoms with Crippen molar-refractivity contribution in [1.82, 2.24) is 0 Å². The molecule has 1 N–H and O–H groups in total. The Morgan fingerprint density at radius 1 is 0.909 bits per heavy atom. The Balaban J connectivity index is 1.60. The van der Waals surface area contributed by atoms with Gasteiger partial charge in [-0.2, -0.15) is 0 Å². The molecule has 0 bridgehead atoms. The van der Waals surface area contributed by atoms with Gasteiger partial charge in [-0.1, -0.05) is 60.1 Å². The minimum Gasteiger partial charge on any atom is -0.395 e. The molecule has 0 aromatic carbocycles. The van der Waals surface area contributed by atoms with E-state index in [0.717, 1.165) is 51.4 Å². The monoisotopic (exact) mass is 454 g/mol. The lowest BCUT2D eigenvalue weighted by molar-refractivity contribution is -0.191. The summed E-state index contributed by atoms with van der Waals surface area (Å²) >= 11 is 0. The first-order chi connectivity index (χ1) is 15.2. The van der Waals surface area contributed by atoms with E-state index in [9.17, 15) is 14.7 Å². The molecule has 5 rings (SSSR count). The molecule has 8 atom stereocenters. The predicted molar refractivity (Wildman–Crippen MR) is 132 cm³/mol. The van der Waals surface area contributed by atoms with Crippen LogP contribution in [0.2, 0.25) is 0 Å². The average Bonchev–Trinajstić information content (AvgIpc) is 2.73. The van der Waals surface area contributed by atoms with E-state index in [4.69, 9.17) is 0 Å². The summed E-state index contributed by atoms with van der Waals surface area (Å²) < 4.78 is 0. The first-order valence-corrected chi connectivity index (χ1v) is 13.6. The molecule has 0 aromatic heterocycles. The minimum atomic E-state index is -0.593. The normalized spacial score (nSPS) is 53.3. The van der Waals surface area contributed by atoms with Crippen molar-refractivity contribution >= 4 is 11.6 Å². The molecule has 3 heteroatoms. The summed E-state index contributed by atoms with van der Waals surface area (Å²) in [4.78, 5) is 26.4. The number of Topliss-reactive ketones (excluding diaryl/α,β-unsaturated/α-hetero) is 2. The Morgan fingerprint density at radius 2 is 1.61 bits per heavy atom. The van der Waals surface area contributed by atoms with Crippen LogP contribution in [0.1, 0.15) is 106 Å². The lowest BCUT2D eigenvalue weighted by atomic mass is 9.33. The molecule has 5 aliphatic rings. The van der Waals surface area contributed by atoms with Crippen LogP contribution in [-0.2, 0) is 9.59 Å². The summed E-state index contributed by atoms with van der Waals surface area (Å²) in [6, 6.07) is 0. The quantitative estimate of drug-likeness (QED) is 0.458. The second-order valence-corrected chi connectivity index (χ2v) is 14.7. The molecule has 3 nitrogen and oxygen atoms in total.